The van der Waals surface area contributed by atoms with Crippen LogP contribution in [0.2, 0.25) is 0 Å². The van der Waals surface area contributed by atoms with Gasteiger partial charge in [-0.1, -0.05) is 29.8 Å². The number of rotatable bonds is 5. The lowest BCUT2D eigenvalue weighted by Gasteiger charge is -2.12. The number of hydrogen-bond donors (Lipinski definition) is 2. The number of carbonyl (C=O) groups excluding carboxylic acids is 1. The van der Waals surface area contributed by atoms with Gasteiger partial charge < -0.3 is 10.2 Å². The van der Waals surface area contributed by atoms with Gasteiger partial charge in [-0.15, -0.1) is 0 Å². The van der Waals surface area contributed by atoms with Crippen LogP contribution in [-0.2, 0) is 6.54 Å². The predicted molar refractivity (Wildman–Crippen MR) is 100 cm³/mol. The number of hydrogen-bond acceptors (Lipinski definition) is 4. The second-order valence-electron chi connectivity index (χ2n) is 6.27. The minimum Gasteiger partial charge on any atom is -0.378 e. The molecule has 0 bridgehead atoms. The molecule has 0 spiro atoms. The summed E-state index contributed by atoms with van der Waals surface area (Å²) in [5.74, 6) is 0.277. The third-order valence-corrected chi connectivity index (χ3v) is 3.85. The van der Waals surface area contributed by atoms with Gasteiger partial charge >= 0.3 is 11.9 Å². The van der Waals surface area contributed by atoms with Crippen molar-refractivity contribution in [2.75, 3.05) is 29.6 Å². The maximum absolute atomic E-state index is 12.1. The fraction of sp³-hybridized carbons (Fsp3) is 0.211. The van der Waals surface area contributed by atoms with Crippen molar-refractivity contribution in [1.82, 2.24) is 5.27 Å². The highest BCUT2D eigenvalue weighted by molar-refractivity contribution is 5.98. The van der Waals surface area contributed by atoms with Crippen LogP contribution < -0.4 is 20.2 Å². The molecule has 0 aliphatic heterocycles. The van der Waals surface area contributed by atoms with Crippen LogP contribution in [0.4, 0.5) is 22.1 Å². The molecule has 2 amide bonds. The normalized spacial score (nSPS) is 10.4. The molecule has 0 aliphatic rings. The van der Waals surface area contributed by atoms with E-state index in [2.05, 4.69) is 15.9 Å². The number of aromatic nitrogens is 2. The zero-order valence-corrected chi connectivity index (χ0v) is 15.1. The lowest BCUT2D eigenvalue weighted by molar-refractivity contribution is -0.754. The van der Waals surface area contributed by atoms with Crippen molar-refractivity contribution in [3.8, 4) is 0 Å². The molecule has 134 valence electrons. The maximum Gasteiger partial charge on any atom is 0.326 e. The molecule has 7 nitrogen and oxygen atoms in total. The summed E-state index contributed by atoms with van der Waals surface area (Å²) >= 11 is 0. The van der Waals surface area contributed by atoms with E-state index in [9.17, 15) is 4.79 Å². The van der Waals surface area contributed by atoms with E-state index in [1.807, 2.05) is 74.4 Å². The minimum absolute atomic E-state index is 0.277. The van der Waals surface area contributed by atoms with Gasteiger partial charge in [0.1, 0.15) is 0 Å². The number of amides is 2. The highest BCUT2D eigenvalue weighted by Gasteiger charge is 2.14. The Morgan fingerprint density at radius 2 is 1.77 bits per heavy atom. The molecule has 0 aliphatic carbocycles. The topological polar surface area (TPSA) is 74.3 Å². The molecule has 3 rings (SSSR count). The van der Waals surface area contributed by atoms with Crippen LogP contribution in [0.5, 0.6) is 0 Å². The summed E-state index contributed by atoms with van der Waals surface area (Å²) in [6.45, 7) is 2.61. The Labute approximate surface area is 152 Å². The third kappa shape index (κ3) is 4.60. The molecule has 2 N–H and O–H groups in total. The van der Waals surface area contributed by atoms with Crippen LogP contribution in [0.25, 0.3) is 0 Å². The molecule has 0 fully saturated rings. The molecule has 0 atom stereocenters. The first kappa shape index (κ1) is 17.5. The van der Waals surface area contributed by atoms with Crippen molar-refractivity contribution >= 4 is 23.3 Å². The first-order valence-corrected chi connectivity index (χ1v) is 8.27. The largest absolute Gasteiger partial charge is 0.378 e. The fourth-order valence-corrected chi connectivity index (χ4v) is 2.41. The second kappa shape index (κ2) is 7.69. The molecule has 0 saturated heterocycles. The number of nitrogens with one attached hydrogen (secondary N) is 2. The van der Waals surface area contributed by atoms with Gasteiger partial charge in [0.25, 0.3) is 6.20 Å². The second-order valence-corrected chi connectivity index (χ2v) is 6.27. The van der Waals surface area contributed by atoms with Crippen LogP contribution in [0, 0.1) is 6.92 Å². The number of anilines is 3. The number of aryl methyl sites for hydroxylation is 1. The number of carbonyl (C=O) groups is 1. The van der Waals surface area contributed by atoms with Gasteiger partial charge in [0.15, 0.2) is 0 Å². The van der Waals surface area contributed by atoms with Gasteiger partial charge in [0.2, 0.25) is 11.8 Å². The quantitative estimate of drug-likeness (QED) is 0.692. The van der Waals surface area contributed by atoms with Crippen molar-refractivity contribution in [2.45, 2.75) is 13.5 Å². The van der Waals surface area contributed by atoms with Crippen LogP contribution in [-0.4, -0.2) is 25.4 Å². The summed E-state index contributed by atoms with van der Waals surface area (Å²) in [5, 5.41) is 9.31. The van der Waals surface area contributed by atoms with Gasteiger partial charge in [0, 0.05) is 31.0 Å². The van der Waals surface area contributed by atoms with Gasteiger partial charge in [-0.25, -0.2) is 4.79 Å². The summed E-state index contributed by atoms with van der Waals surface area (Å²) in [7, 11) is 3.93. The van der Waals surface area contributed by atoms with E-state index in [4.69, 9.17) is 4.52 Å². The first-order valence-electron chi connectivity index (χ1n) is 8.27. The number of nitrogens with zero attached hydrogens (tertiary/aromatic N) is 3. The van der Waals surface area contributed by atoms with Gasteiger partial charge in [-0.3, -0.25) is 9.84 Å². The Morgan fingerprint density at radius 1 is 1.08 bits per heavy atom. The van der Waals surface area contributed by atoms with Gasteiger partial charge in [-0.2, -0.15) is 0 Å². The van der Waals surface area contributed by atoms with E-state index in [0.29, 0.717) is 12.2 Å². The molecule has 1 heterocycles. The van der Waals surface area contributed by atoms with Gasteiger partial charge in [-0.05, 0) is 35.9 Å². The summed E-state index contributed by atoms with van der Waals surface area (Å²) in [6, 6.07) is 15.3. The lowest BCUT2D eigenvalue weighted by Crippen LogP contribution is -2.35. The van der Waals surface area contributed by atoms with E-state index < -0.39 is 0 Å². The van der Waals surface area contributed by atoms with E-state index in [1.54, 1.807) is 10.9 Å². The van der Waals surface area contributed by atoms with Crippen molar-refractivity contribution in [3.05, 3.63) is 65.9 Å². The Balaban J connectivity index is 1.56. The summed E-state index contributed by atoms with van der Waals surface area (Å²) in [5.41, 5.74) is 4.06. The summed E-state index contributed by atoms with van der Waals surface area (Å²) in [6.07, 6.45) is 1.65. The smallest absolute Gasteiger partial charge is 0.326 e. The average molecular weight is 352 g/mol. The average Bonchev–Trinajstić information content (AvgIpc) is 3.04. The standard InChI is InChI=1S/C19H21N5O2/c1-14-4-6-15(7-5-14)12-24-13-18(26-22-24)21-19(25)20-16-8-10-17(11-9-16)23(2)3/h4-11,13H,12H2,1-3H3,(H-,20,21,22,25)/p+1. The minimum atomic E-state index is -0.388. The van der Waals surface area contributed by atoms with Gasteiger partial charge in [0.05, 0.1) is 0 Å². The lowest BCUT2D eigenvalue weighted by atomic mass is 10.1. The van der Waals surface area contributed by atoms with E-state index in [0.717, 1.165) is 11.3 Å². The molecule has 7 heteroatoms. The van der Waals surface area contributed by atoms with Crippen LogP contribution >= 0.6 is 0 Å². The zero-order valence-electron chi connectivity index (χ0n) is 15.1. The Kier molecular flexibility index (Phi) is 5.17. The van der Waals surface area contributed by atoms with E-state index in [-0.39, 0.29) is 11.9 Å². The van der Waals surface area contributed by atoms with Crippen molar-refractivity contribution in [2.24, 2.45) is 0 Å². The molecule has 2 aromatic carbocycles. The highest BCUT2D eigenvalue weighted by atomic mass is 16.5. The molecule has 3 aromatic rings. The third-order valence-electron chi connectivity index (χ3n) is 3.85. The summed E-state index contributed by atoms with van der Waals surface area (Å²) < 4.78 is 6.78. The molecule has 0 unspecified atom stereocenters. The Hall–Kier alpha value is -3.35. The van der Waals surface area contributed by atoms with Crippen molar-refractivity contribution < 1.29 is 14.0 Å². The molecular weight excluding hydrogens is 330 g/mol. The summed E-state index contributed by atoms with van der Waals surface area (Å²) in [4.78, 5) is 14.1. The van der Waals surface area contributed by atoms with E-state index in [1.165, 1.54) is 5.56 Å². The SMILES string of the molecule is Cc1ccc(C[n+]2cc(NC(=O)Nc3ccc(N(C)C)cc3)on2)cc1. The predicted octanol–water partition coefficient (Wildman–Crippen LogP) is 3.03. The molecule has 0 radical (unpaired) electrons. The molecular formula is C19H22N5O2+. The van der Waals surface area contributed by atoms with Crippen LogP contribution in [0.15, 0.2) is 59.3 Å². The van der Waals surface area contributed by atoms with E-state index >= 15 is 0 Å². The molecule has 26 heavy (non-hydrogen) atoms. The van der Waals surface area contributed by atoms with Crippen LogP contribution in [0.3, 0.4) is 0 Å². The first-order chi connectivity index (χ1) is 12.5. The molecule has 1 aromatic heterocycles. The fourth-order valence-electron chi connectivity index (χ4n) is 2.41. The zero-order chi connectivity index (χ0) is 18.5. The van der Waals surface area contributed by atoms with Crippen LogP contribution in [0.1, 0.15) is 11.1 Å². The molecule has 0 saturated carbocycles. The maximum atomic E-state index is 12.1. The number of benzene rings is 2. The van der Waals surface area contributed by atoms with Crippen molar-refractivity contribution in [3.63, 3.8) is 0 Å². The monoisotopic (exact) mass is 352 g/mol. The Morgan fingerprint density at radius 3 is 2.42 bits per heavy atom. The van der Waals surface area contributed by atoms with Crippen molar-refractivity contribution in [1.29, 1.82) is 0 Å². The highest BCUT2D eigenvalue weighted by Crippen LogP contribution is 2.16. The Bertz CT molecular complexity index is 870. The number of urea groups is 1.